The monoisotopic (exact) mass is 276 g/mol. The van der Waals surface area contributed by atoms with Gasteiger partial charge in [-0.15, -0.1) is 0 Å². The van der Waals surface area contributed by atoms with E-state index in [1.807, 2.05) is 10.9 Å². The molecular weight excluding hydrogens is 265 g/mol. The van der Waals surface area contributed by atoms with Crippen LogP contribution in [0.15, 0.2) is 10.7 Å². The van der Waals surface area contributed by atoms with Crippen molar-refractivity contribution >= 4 is 27.5 Å². The molecule has 1 heterocycles. The standard InChI is InChI=1S/C10H12BrClNO/c1-14-13-6-8(11)10(12)7-4-2-3-5-9(7)13/h6H,2-5H2,1H3/q+1. The second-order valence-electron chi connectivity index (χ2n) is 3.43. The smallest absolute Gasteiger partial charge is 0.239 e. The molecule has 2 nitrogen and oxygen atoms in total. The lowest BCUT2D eigenvalue weighted by atomic mass is 9.96. The van der Waals surface area contributed by atoms with Gasteiger partial charge in [-0.05, 0) is 35.2 Å². The summed E-state index contributed by atoms with van der Waals surface area (Å²) in [4.78, 5) is 5.28. The highest BCUT2D eigenvalue weighted by Crippen LogP contribution is 2.30. The summed E-state index contributed by atoms with van der Waals surface area (Å²) in [5.74, 6) is 0. The molecule has 0 saturated carbocycles. The maximum absolute atomic E-state index is 6.22. The van der Waals surface area contributed by atoms with Crippen molar-refractivity contribution in [2.75, 3.05) is 7.11 Å². The van der Waals surface area contributed by atoms with E-state index in [-0.39, 0.29) is 0 Å². The first-order valence-electron chi connectivity index (χ1n) is 4.70. The third-order valence-corrected chi connectivity index (χ3v) is 3.87. The van der Waals surface area contributed by atoms with Crippen LogP contribution in [0.1, 0.15) is 24.1 Å². The summed E-state index contributed by atoms with van der Waals surface area (Å²) >= 11 is 9.66. The summed E-state index contributed by atoms with van der Waals surface area (Å²) in [5.41, 5.74) is 2.45. The molecule has 1 aromatic heterocycles. The van der Waals surface area contributed by atoms with Crippen LogP contribution in [-0.2, 0) is 12.8 Å². The minimum absolute atomic E-state index is 0.841. The lowest BCUT2D eigenvalue weighted by molar-refractivity contribution is -0.891. The normalized spacial score (nSPS) is 15.1. The Labute approximate surface area is 96.9 Å². The molecule has 0 spiro atoms. The van der Waals surface area contributed by atoms with Gasteiger partial charge in [0.25, 0.3) is 0 Å². The van der Waals surface area contributed by atoms with E-state index in [1.54, 1.807) is 7.11 Å². The van der Waals surface area contributed by atoms with E-state index >= 15 is 0 Å². The zero-order chi connectivity index (χ0) is 10.1. The molecule has 1 aliphatic carbocycles. The van der Waals surface area contributed by atoms with Gasteiger partial charge in [0.2, 0.25) is 11.9 Å². The SMILES string of the molecule is CO[n+]1cc(Br)c(Cl)c2c1CCCC2. The average Bonchev–Trinajstić information content (AvgIpc) is 2.23. The van der Waals surface area contributed by atoms with Gasteiger partial charge >= 0.3 is 0 Å². The number of hydrogen-bond donors (Lipinski definition) is 0. The Balaban J connectivity index is 2.60. The summed E-state index contributed by atoms with van der Waals surface area (Å²) < 4.78 is 2.71. The molecule has 0 N–H and O–H groups in total. The van der Waals surface area contributed by atoms with E-state index in [1.165, 1.54) is 24.1 Å². The average molecular weight is 278 g/mol. The summed E-state index contributed by atoms with van der Waals surface area (Å²) in [5, 5.41) is 0.841. The fourth-order valence-corrected chi connectivity index (χ4v) is 2.59. The number of aromatic nitrogens is 1. The second-order valence-corrected chi connectivity index (χ2v) is 4.66. The van der Waals surface area contributed by atoms with Crippen molar-refractivity contribution in [3.05, 3.63) is 26.9 Å². The second kappa shape index (κ2) is 4.07. The molecule has 0 bridgehead atoms. The van der Waals surface area contributed by atoms with Gasteiger partial charge in [0, 0.05) is 16.7 Å². The molecule has 0 aromatic carbocycles. The maximum Gasteiger partial charge on any atom is 0.239 e. The zero-order valence-corrected chi connectivity index (χ0v) is 10.4. The van der Waals surface area contributed by atoms with Crippen LogP contribution in [0.3, 0.4) is 0 Å². The number of halogens is 2. The Bertz CT molecular complexity index is 368. The Morgan fingerprint density at radius 3 is 2.86 bits per heavy atom. The first-order valence-corrected chi connectivity index (χ1v) is 5.87. The number of nitrogens with zero attached hydrogens (tertiary/aromatic N) is 1. The van der Waals surface area contributed by atoms with Crippen molar-refractivity contribution in [2.45, 2.75) is 25.7 Å². The molecule has 14 heavy (non-hydrogen) atoms. The Hall–Kier alpha value is -0.280. The fraction of sp³-hybridized carbons (Fsp3) is 0.500. The van der Waals surface area contributed by atoms with Crippen LogP contribution in [0.4, 0.5) is 0 Å². The molecule has 0 aliphatic heterocycles. The van der Waals surface area contributed by atoms with Crippen molar-refractivity contribution < 1.29 is 9.57 Å². The van der Waals surface area contributed by atoms with Crippen LogP contribution in [0.5, 0.6) is 0 Å². The number of hydrogen-bond acceptors (Lipinski definition) is 1. The Morgan fingerprint density at radius 2 is 2.14 bits per heavy atom. The third kappa shape index (κ3) is 1.63. The minimum Gasteiger partial charge on any atom is -0.274 e. The van der Waals surface area contributed by atoms with Gasteiger partial charge in [-0.25, -0.2) is 0 Å². The van der Waals surface area contributed by atoms with E-state index in [2.05, 4.69) is 15.9 Å². The molecule has 0 unspecified atom stereocenters. The topological polar surface area (TPSA) is 13.1 Å². The highest BCUT2D eigenvalue weighted by molar-refractivity contribution is 9.10. The lowest BCUT2D eigenvalue weighted by Crippen LogP contribution is -2.46. The van der Waals surface area contributed by atoms with Crippen molar-refractivity contribution in [1.82, 2.24) is 0 Å². The Kier molecular flexibility index (Phi) is 2.98. The third-order valence-electron chi connectivity index (χ3n) is 2.61. The summed E-state index contributed by atoms with van der Waals surface area (Å²) in [6, 6.07) is 0. The highest BCUT2D eigenvalue weighted by atomic mass is 79.9. The first kappa shape index (κ1) is 10.2. The van der Waals surface area contributed by atoms with Crippen LogP contribution in [0, 0.1) is 0 Å². The quantitative estimate of drug-likeness (QED) is 0.718. The first-order chi connectivity index (χ1) is 6.74. The van der Waals surface area contributed by atoms with Crippen molar-refractivity contribution in [2.24, 2.45) is 0 Å². The summed E-state index contributed by atoms with van der Waals surface area (Å²) in [7, 11) is 1.68. The molecule has 0 amide bonds. The summed E-state index contributed by atoms with van der Waals surface area (Å²) in [6.07, 6.45) is 6.42. The molecule has 0 atom stereocenters. The van der Waals surface area contributed by atoms with Crippen LogP contribution in [0.25, 0.3) is 0 Å². The van der Waals surface area contributed by atoms with Crippen molar-refractivity contribution in [1.29, 1.82) is 0 Å². The van der Waals surface area contributed by atoms with Crippen LogP contribution in [0.2, 0.25) is 5.02 Å². The van der Waals surface area contributed by atoms with E-state index in [4.69, 9.17) is 16.4 Å². The molecule has 2 rings (SSSR count). The highest BCUT2D eigenvalue weighted by Gasteiger charge is 2.26. The molecule has 1 aromatic rings. The number of pyridine rings is 1. The van der Waals surface area contributed by atoms with Crippen LogP contribution < -0.4 is 9.57 Å². The molecule has 0 radical (unpaired) electrons. The van der Waals surface area contributed by atoms with Gasteiger partial charge in [-0.1, -0.05) is 11.6 Å². The van der Waals surface area contributed by atoms with E-state index < -0.39 is 0 Å². The fourth-order valence-electron chi connectivity index (χ4n) is 1.91. The number of fused-ring (bicyclic) bond motifs is 1. The van der Waals surface area contributed by atoms with Crippen molar-refractivity contribution in [3.8, 4) is 0 Å². The molecule has 0 fully saturated rings. The molecule has 4 heteroatoms. The maximum atomic E-state index is 6.22. The predicted molar refractivity (Wildman–Crippen MR) is 58.5 cm³/mol. The van der Waals surface area contributed by atoms with Gasteiger partial charge in [0.15, 0.2) is 0 Å². The molecule has 76 valence electrons. The largest absolute Gasteiger partial charge is 0.274 e. The van der Waals surface area contributed by atoms with E-state index in [9.17, 15) is 0 Å². The van der Waals surface area contributed by atoms with Gasteiger partial charge in [0.1, 0.15) is 11.6 Å². The van der Waals surface area contributed by atoms with E-state index in [0.717, 1.165) is 22.3 Å². The Morgan fingerprint density at radius 1 is 1.43 bits per heavy atom. The van der Waals surface area contributed by atoms with Gasteiger partial charge in [-0.3, -0.25) is 4.84 Å². The van der Waals surface area contributed by atoms with Gasteiger partial charge in [-0.2, -0.15) is 0 Å². The minimum atomic E-state index is 0.841. The lowest BCUT2D eigenvalue weighted by Gasteiger charge is -2.14. The van der Waals surface area contributed by atoms with E-state index in [0.29, 0.717) is 0 Å². The van der Waals surface area contributed by atoms with Gasteiger partial charge < -0.3 is 0 Å². The van der Waals surface area contributed by atoms with Crippen molar-refractivity contribution in [3.63, 3.8) is 0 Å². The van der Waals surface area contributed by atoms with Crippen LogP contribution in [-0.4, -0.2) is 7.11 Å². The number of rotatable bonds is 1. The van der Waals surface area contributed by atoms with Gasteiger partial charge in [0.05, 0.1) is 5.02 Å². The zero-order valence-electron chi connectivity index (χ0n) is 8.02. The summed E-state index contributed by atoms with van der Waals surface area (Å²) in [6.45, 7) is 0. The predicted octanol–water partition coefficient (Wildman–Crippen LogP) is 2.33. The molecule has 1 aliphatic rings. The molecular formula is C10H12BrClNO+. The molecule has 0 saturated heterocycles. The van der Waals surface area contributed by atoms with Crippen LogP contribution >= 0.6 is 27.5 Å².